The number of hydrogen-bond acceptors (Lipinski definition) is 5. The standard InChI is InChI=1S/C14H11F2N3OS/c1-6-13(21-7(2)18-6)12-11(14(17)19-20-12)8-3-9(15)5-10(16)4-8/h3-5H,1-2H3,(H2,17,19). The Balaban J connectivity index is 2.24. The van der Waals surface area contributed by atoms with Crippen LogP contribution in [0.1, 0.15) is 10.7 Å². The molecule has 0 aliphatic carbocycles. The molecule has 1 aromatic carbocycles. The zero-order valence-electron chi connectivity index (χ0n) is 11.3. The number of benzene rings is 1. The molecule has 0 aliphatic heterocycles. The van der Waals surface area contributed by atoms with Gasteiger partial charge in [0.2, 0.25) is 0 Å². The van der Waals surface area contributed by atoms with Crippen molar-refractivity contribution in [3.8, 4) is 21.8 Å². The highest BCUT2D eigenvalue weighted by molar-refractivity contribution is 7.15. The van der Waals surface area contributed by atoms with Crippen LogP contribution in [0.15, 0.2) is 22.7 Å². The third-order valence-corrected chi connectivity index (χ3v) is 4.05. The number of anilines is 1. The van der Waals surface area contributed by atoms with Gasteiger partial charge in [-0.3, -0.25) is 0 Å². The molecule has 2 heterocycles. The van der Waals surface area contributed by atoms with E-state index in [1.54, 1.807) is 0 Å². The average molecular weight is 307 g/mol. The molecule has 0 spiro atoms. The van der Waals surface area contributed by atoms with E-state index in [-0.39, 0.29) is 11.4 Å². The highest BCUT2D eigenvalue weighted by Gasteiger charge is 2.22. The predicted octanol–water partition coefficient (Wildman–Crippen LogP) is 3.94. The Bertz CT molecular complexity index is 805. The van der Waals surface area contributed by atoms with Crippen molar-refractivity contribution >= 4 is 17.2 Å². The van der Waals surface area contributed by atoms with E-state index < -0.39 is 11.6 Å². The lowest BCUT2D eigenvalue weighted by Gasteiger charge is -2.02. The van der Waals surface area contributed by atoms with E-state index in [2.05, 4.69) is 10.1 Å². The number of thiazole rings is 1. The van der Waals surface area contributed by atoms with Gasteiger partial charge in [-0.2, -0.15) is 0 Å². The maximum Gasteiger partial charge on any atom is 0.188 e. The van der Waals surface area contributed by atoms with E-state index in [9.17, 15) is 8.78 Å². The lowest BCUT2D eigenvalue weighted by atomic mass is 10.0. The Morgan fingerprint density at radius 1 is 1.14 bits per heavy atom. The van der Waals surface area contributed by atoms with Crippen molar-refractivity contribution in [2.24, 2.45) is 0 Å². The van der Waals surface area contributed by atoms with Crippen LogP contribution in [0.3, 0.4) is 0 Å². The molecule has 0 bridgehead atoms. The maximum absolute atomic E-state index is 13.4. The van der Waals surface area contributed by atoms with E-state index in [1.165, 1.54) is 23.5 Å². The van der Waals surface area contributed by atoms with Crippen LogP contribution in [0.4, 0.5) is 14.6 Å². The van der Waals surface area contributed by atoms with Crippen molar-refractivity contribution in [1.29, 1.82) is 0 Å². The molecule has 0 fully saturated rings. The molecular weight excluding hydrogens is 296 g/mol. The first-order valence-electron chi connectivity index (χ1n) is 6.11. The Labute approximate surface area is 123 Å². The lowest BCUT2D eigenvalue weighted by Crippen LogP contribution is -1.91. The van der Waals surface area contributed by atoms with Gasteiger partial charge in [0, 0.05) is 6.07 Å². The SMILES string of the molecule is Cc1nc(C)c(-c2onc(N)c2-c2cc(F)cc(F)c2)s1. The van der Waals surface area contributed by atoms with E-state index in [0.29, 0.717) is 11.3 Å². The van der Waals surface area contributed by atoms with Gasteiger partial charge in [-0.25, -0.2) is 13.8 Å². The minimum absolute atomic E-state index is 0.0838. The zero-order valence-corrected chi connectivity index (χ0v) is 12.1. The van der Waals surface area contributed by atoms with Gasteiger partial charge in [-0.15, -0.1) is 11.3 Å². The first-order chi connectivity index (χ1) is 9.95. The fourth-order valence-corrected chi connectivity index (χ4v) is 3.08. The van der Waals surface area contributed by atoms with Gasteiger partial charge in [-0.05, 0) is 31.5 Å². The van der Waals surface area contributed by atoms with Crippen LogP contribution >= 0.6 is 11.3 Å². The second kappa shape index (κ2) is 4.92. The number of nitrogen functional groups attached to an aromatic ring is 1. The Morgan fingerprint density at radius 3 is 2.38 bits per heavy atom. The highest BCUT2D eigenvalue weighted by atomic mass is 32.1. The molecule has 0 amide bonds. The van der Waals surface area contributed by atoms with Crippen molar-refractivity contribution < 1.29 is 13.3 Å². The largest absolute Gasteiger partial charge is 0.380 e. The molecule has 0 saturated heterocycles. The molecule has 108 valence electrons. The molecule has 0 unspecified atom stereocenters. The third kappa shape index (κ3) is 2.40. The molecule has 3 rings (SSSR count). The molecule has 7 heteroatoms. The fourth-order valence-electron chi connectivity index (χ4n) is 2.18. The molecule has 0 saturated carbocycles. The third-order valence-electron chi connectivity index (χ3n) is 2.98. The summed E-state index contributed by atoms with van der Waals surface area (Å²) < 4.78 is 32.1. The van der Waals surface area contributed by atoms with Gasteiger partial charge in [0.1, 0.15) is 11.6 Å². The molecule has 0 atom stereocenters. The van der Waals surface area contributed by atoms with Crippen LogP contribution in [-0.2, 0) is 0 Å². The normalized spacial score (nSPS) is 11.0. The predicted molar refractivity (Wildman–Crippen MR) is 76.8 cm³/mol. The van der Waals surface area contributed by atoms with Gasteiger partial charge in [0.25, 0.3) is 0 Å². The van der Waals surface area contributed by atoms with Crippen molar-refractivity contribution in [3.05, 3.63) is 40.5 Å². The summed E-state index contributed by atoms with van der Waals surface area (Å²) in [6, 6.07) is 3.19. The quantitative estimate of drug-likeness (QED) is 0.778. The summed E-state index contributed by atoms with van der Waals surface area (Å²) in [5.41, 5.74) is 7.22. The maximum atomic E-state index is 13.4. The van der Waals surface area contributed by atoms with Gasteiger partial charge in [0.15, 0.2) is 11.6 Å². The summed E-state index contributed by atoms with van der Waals surface area (Å²) in [5, 5.41) is 4.57. The number of nitrogens with zero attached hydrogens (tertiary/aromatic N) is 2. The lowest BCUT2D eigenvalue weighted by molar-refractivity contribution is 0.436. The minimum Gasteiger partial charge on any atom is -0.380 e. The number of nitrogens with two attached hydrogens (primary N) is 1. The van der Waals surface area contributed by atoms with Gasteiger partial charge in [0.05, 0.1) is 21.1 Å². The Hall–Kier alpha value is -2.28. The van der Waals surface area contributed by atoms with Gasteiger partial charge in [-0.1, -0.05) is 5.16 Å². The fraction of sp³-hybridized carbons (Fsp3) is 0.143. The van der Waals surface area contributed by atoms with Crippen molar-refractivity contribution in [3.63, 3.8) is 0 Å². The summed E-state index contributed by atoms with van der Waals surface area (Å²) in [5.74, 6) is -0.913. The van der Waals surface area contributed by atoms with E-state index in [0.717, 1.165) is 21.6 Å². The molecule has 0 aliphatic rings. The first kappa shape index (κ1) is 13.7. The molecule has 2 aromatic heterocycles. The Kier molecular flexibility index (Phi) is 3.21. The number of aryl methyl sites for hydroxylation is 2. The number of rotatable bonds is 2. The molecule has 3 aromatic rings. The van der Waals surface area contributed by atoms with Crippen LogP contribution in [0.2, 0.25) is 0 Å². The summed E-state index contributed by atoms with van der Waals surface area (Å²) in [7, 11) is 0. The Morgan fingerprint density at radius 2 is 1.81 bits per heavy atom. The number of aromatic nitrogens is 2. The summed E-state index contributed by atoms with van der Waals surface area (Å²) in [6.07, 6.45) is 0. The summed E-state index contributed by atoms with van der Waals surface area (Å²) in [6.45, 7) is 3.69. The molecule has 2 N–H and O–H groups in total. The molecular formula is C14H11F2N3OS. The van der Waals surface area contributed by atoms with Crippen molar-refractivity contribution in [1.82, 2.24) is 10.1 Å². The smallest absolute Gasteiger partial charge is 0.188 e. The molecule has 21 heavy (non-hydrogen) atoms. The minimum atomic E-state index is -0.686. The molecule has 0 radical (unpaired) electrons. The molecule has 4 nitrogen and oxygen atoms in total. The van der Waals surface area contributed by atoms with Crippen LogP contribution in [-0.4, -0.2) is 10.1 Å². The number of halogens is 2. The zero-order chi connectivity index (χ0) is 15.1. The average Bonchev–Trinajstić information content (AvgIpc) is 2.90. The van der Waals surface area contributed by atoms with Crippen LogP contribution in [0.25, 0.3) is 21.8 Å². The highest BCUT2D eigenvalue weighted by Crippen LogP contribution is 2.40. The summed E-state index contributed by atoms with van der Waals surface area (Å²) >= 11 is 1.41. The van der Waals surface area contributed by atoms with Crippen molar-refractivity contribution in [2.45, 2.75) is 13.8 Å². The number of hydrogen-bond donors (Lipinski definition) is 1. The van der Waals surface area contributed by atoms with E-state index in [4.69, 9.17) is 10.3 Å². The monoisotopic (exact) mass is 307 g/mol. The summed E-state index contributed by atoms with van der Waals surface area (Å²) in [4.78, 5) is 5.06. The van der Waals surface area contributed by atoms with E-state index in [1.807, 2.05) is 13.8 Å². The first-order valence-corrected chi connectivity index (χ1v) is 6.93. The van der Waals surface area contributed by atoms with Crippen LogP contribution < -0.4 is 5.73 Å². The van der Waals surface area contributed by atoms with Crippen molar-refractivity contribution in [2.75, 3.05) is 5.73 Å². The van der Waals surface area contributed by atoms with Gasteiger partial charge >= 0.3 is 0 Å². The van der Waals surface area contributed by atoms with E-state index >= 15 is 0 Å². The van der Waals surface area contributed by atoms with Crippen LogP contribution in [0.5, 0.6) is 0 Å². The van der Waals surface area contributed by atoms with Crippen LogP contribution in [0, 0.1) is 25.5 Å². The second-order valence-corrected chi connectivity index (χ2v) is 5.78. The van der Waals surface area contributed by atoms with Gasteiger partial charge < -0.3 is 10.3 Å². The second-order valence-electron chi connectivity index (χ2n) is 4.58. The topological polar surface area (TPSA) is 64.9 Å².